The summed E-state index contributed by atoms with van der Waals surface area (Å²) in [7, 11) is 0. The molecular weight excluding hydrogens is 318 g/mol. The molecule has 25 heavy (non-hydrogen) atoms. The number of benzene rings is 1. The van der Waals surface area contributed by atoms with Crippen LogP contribution in [0.25, 0.3) is 16.0 Å². The second kappa shape index (κ2) is 7.01. The van der Waals surface area contributed by atoms with Crippen molar-refractivity contribution in [3.05, 3.63) is 53.1 Å². The van der Waals surface area contributed by atoms with Crippen LogP contribution in [-0.2, 0) is 0 Å². The summed E-state index contributed by atoms with van der Waals surface area (Å²) in [6, 6.07) is 4.67. The van der Waals surface area contributed by atoms with Crippen molar-refractivity contribution in [3.63, 3.8) is 0 Å². The van der Waals surface area contributed by atoms with E-state index >= 15 is 0 Å². The van der Waals surface area contributed by atoms with Gasteiger partial charge in [-0.15, -0.1) is 0 Å². The van der Waals surface area contributed by atoms with E-state index in [4.69, 9.17) is 6.57 Å². The summed E-state index contributed by atoms with van der Waals surface area (Å²) in [5.41, 5.74) is 2.16. The van der Waals surface area contributed by atoms with Gasteiger partial charge >= 0.3 is 0 Å². The first-order valence-corrected chi connectivity index (χ1v) is 7.85. The van der Waals surface area contributed by atoms with Crippen molar-refractivity contribution in [1.29, 1.82) is 0 Å². The van der Waals surface area contributed by atoms with Crippen molar-refractivity contribution in [3.8, 4) is 16.9 Å². The van der Waals surface area contributed by atoms with Gasteiger partial charge in [0.1, 0.15) is 5.75 Å². The molecule has 0 saturated heterocycles. The van der Waals surface area contributed by atoms with Gasteiger partial charge in [-0.25, -0.2) is 4.85 Å². The molecule has 0 aliphatic carbocycles. The maximum atomic E-state index is 12.8. The van der Waals surface area contributed by atoms with Crippen LogP contribution < -0.4 is 10.6 Å². The summed E-state index contributed by atoms with van der Waals surface area (Å²) in [5.74, 6) is -0.345. The number of nitrogens with one attached hydrogen (secondary N) is 2. The topological polar surface area (TPSA) is 91.0 Å². The largest absolute Gasteiger partial charge is 0.507 e. The Morgan fingerprint density at radius 2 is 2.24 bits per heavy atom. The van der Waals surface area contributed by atoms with Gasteiger partial charge in [-0.05, 0) is 36.6 Å². The molecule has 3 rings (SSSR count). The molecule has 126 valence electrons. The lowest BCUT2D eigenvalue weighted by atomic mass is 9.96. The third-order valence-corrected chi connectivity index (χ3v) is 3.80. The molecular formula is C18H17N5O2. The summed E-state index contributed by atoms with van der Waals surface area (Å²) in [6.07, 6.45) is 4.16. The number of aromatic hydroxyl groups is 1. The van der Waals surface area contributed by atoms with E-state index in [1.165, 1.54) is 12.1 Å². The minimum Gasteiger partial charge on any atom is -0.507 e. The van der Waals surface area contributed by atoms with Gasteiger partial charge in [0.05, 0.1) is 12.1 Å². The van der Waals surface area contributed by atoms with Crippen LogP contribution in [-0.4, -0.2) is 35.0 Å². The lowest BCUT2D eigenvalue weighted by molar-refractivity contribution is 0.0973. The van der Waals surface area contributed by atoms with Gasteiger partial charge in [0.15, 0.2) is 11.6 Å². The van der Waals surface area contributed by atoms with Crippen molar-refractivity contribution < 1.29 is 9.90 Å². The first kappa shape index (κ1) is 16.5. The second-order valence-electron chi connectivity index (χ2n) is 5.68. The van der Waals surface area contributed by atoms with Crippen LogP contribution in [0.5, 0.6) is 5.75 Å². The Morgan fingerprint density at radius 1 is 1.40 bits per heavy atom. The highest BCUT2D eigenvalue weighted by molar-refractivity contribution is 6.12. The zero-order valence-corrected chi connectivity index (χ0v) is 13.7. The first-order valence-electron chi connectivity index (χ1n) is 7.85. The number of guanidine groups is 1. The highest BCUT2D eigenvalue weighted by Gasteiger charge is 2.22. The van der Waals surface area contributed by atoms with Gasteiger partial charge in [-0.2, -0.15) is 0 Å². The maximum Gasteiger partial charge on any atom is 0.261 e. The molecule has 0 spiro atoms. The van der Waals surface area contributed by atoms with E-state index in [2.05, 4.69) is 25.5 Å². The fourth-order valence-electron chi connectivity index (χ4n) is 2.67. The number of carbonyl (C=O) groups excluding carboxylic acids is 1. The number of pyridine rings is 1. The van der Waals surface area contributed by atoms with Gasteiger partial charge < -0.3 is 10.4 Å². The van der Waals surface area contributed by atoms with E-state index in [-0.39, 0.29) is 17.0 Å². The van der Waals surface area contributed by atoms with Gasteiger partial charge in [-0.3, -0.25) is 20.1 Å². The molecule has 0 fully saturated rings. The quantitative estimate of drug-likeness (QED) is 0.735. The van der Waals surface area contributed by atoms with Crippen molar-refractivity contribution in [2.75, 3.05) is 13.1 Å². The smallest absolute Gasteiger partial charge is 0.261 e. The van der Waals surface area contributed by atoms with Crippen LogP contribution >= 0.6 is 0 Å². The van der Waals surface area contributed by atoms with Crippen molar-refractivity contribution in [2.24, 2.45) is 4.99 Å². The predicted octanol–water partition coefficient (Wildman–Crippen LogP) is 2.39. The molecule has 0 radical (unpaired) electrons. The monoisotopic (exact) mass is 335 g/mol. The number of nitrogens with zero attached hydrogens (tertiary/aromatic N) is 3. The highest BCUT2D eigenvalue weighted by atomic mass is 16.3. The molecule has 0 bridgehead atoms. The summed E-state index contributed by atoms with van der Waals surface area (Å²) in [4.78, 5) is 24.6. The third-order valence-electron chi connectivity index (χ3n) is 3.80. The molecule has 0 unspecified atom stereocenters. The molecule has 3 N–H and O–H groups in total. The number of rotatable bonds is 2. The SMILES string of the molecule is [C-]#[N+]c1ccc(O)c(C(=O)NC2=NCCCN2)c1-c1cncc(C)c1. The minimum atomic E-state index is -0.521. The average Bonchev–Trinajstić information content (AvgIpc) is 2.62. The molecule has 1 aromatic carbocycles. The summed E-state index contributed by atoms with van der Waals surface area (Å²) in [5, 5.41) is 16.0. The van der Waals surface area contributed by atoms with Crippen molar-refractivity contribution in [2.45, 2.75) is 13.3 Å². The molecule has 7 heteroatoms. The van der Waals surface area contributed by atoms with E-state index in [1.807, 2.05) is 13.0 Å². The Balaban J connectivity index is 2.10. The van der Waals surface area contributed by atoms with E-state index in [9.17, 15) is 9.90 Å². The molecule has 1 amide bonds. The Bertz CT molecular complexity index is 899. The number of phenolic OH excluding ortho intramolecular Hbond substituents is 1. The predicted molar refractivity (Wildman–Crippen MR) is 94.7 cm³/mol. The van der Waals surface area contributed by atoms with E-state index in [0.29, 0.717) is 23.6 Å². The maximum absolute atomic E-state index is 12.8. The zero-order chi connectivity index (χ0) is 17.8. The second-order valence-corrected chi connectivity index (χ2v) is 5.68. The van der Waals surface area contributed by atoms with Gasteiger partial charge in [0.2, 0.25) is 0 Å². The minimum absolute atomic E-state index is 0.0379. The van der Waals surface area contributed by atoms with Crippen LogP contribution in [0.1, 0.15) is 22.3 Å². The van der Waals surface area contributed by atoms with Crippen LogP contribution in [0.4, 0.5) is 5.69 Å². The molecule has 1 aliphatic rings. The highest BCUT2D eigenvalue weighted by Crippen LogP contribution is 2.38. The van der Waals surface area contributed by atoms with E-state index in [0.717, 1.165) is 18.5 Å². The summed E-state index contributed by atoms with van der Waals surface area (Å²) < 4.78 is 0. The van der Waals surface area contributed by atoms with E-state index < -0.39 is 5.91 Å². The van der Waals surface area contributed by atoms with Crippen molar-refractivity contribution in [1.82, 2.24) is 15.6 Å². The average molecular weight is 335 g/mol. The number of aliphatic imine (C=N–C) groups is 1. The Kier molecular flexibility index (Phi) is 4.61. The molecule has 1 aliphatic heterocycles. The molecule has 0 saturated carbocycles. The lowest BCUT2D eigenvalue weighted by Gasteiger charge is -2.17. The van der Waals surface area contributed by atoms with Gasteiger partial charge in [0.25, 0.3) is 5.91 Å². The lowest BCUT2D eigenvalue weighted by Crippen LogP contribution is -2.43. The van der Waals surface area contributed by atoms with Crippen LogP contribution in [0.3, 0.4) is 0 Å². The molecule has 0 atom stereocenters. The van der Waals surface area contributed by atoms with Crippen molar-refractivity contribution >= 4 is 17.6 Å². The zero-order valence-electron chi connectivity index (χ0n) is 13.7. The normalized spacial score (nSPS) is 13.4. The summed E-state index contributed by atoms with van der Waals surface area (Å²) in [6.45, 7) is 10.6. The molecule has 1 aromatic heterocycles. The Hall–Kier alpha value is -3.40. The number of aromatic nitrogens is 1. The van der Waals surface area contributed by atoms with E-state index in [1.54, 1.807) is 12.4 Å². The number of amides is 1. The number of carbonyl (C=O) groups is 1. The molecule has 2 aromatic rings. The number of hydrogen-bond donors (Lipinski definition) is 3. The standard InChI is InChI=1S/C18H17N5O2/c1-11-8-12(10-20-9-11)15-13(19-2)4-5-14(24)16(15)17(25)23-18-21-6-3-7-22-18/h4-5,8-10,24H,3,6-7H2,1H3,(H2,21,22,23,25). The Morgan fingerprint density at radius 3 is 2.92 bits per heavy atom. The Labute approximate surface area is 145 Å². The fraction of sp³-hybridized carbons (Fsp3) is 0.222. The third kappa shape index (κ3) is 3.43. The molecule has 2 heterocycles. The van der Waals surface area contributed by atoms with Crippen LogP contribution in [0.2, 0.25) is 0 Å². The van der Waals surface area contributed by atoms with Crippen LogP contribution in [0.15, 0.2) is 35.6 Å². The van der Waals surface area contributed by atoms with Gasteiger partial charge in [-0.1, -0.05) is 6.07 Å². The number of hydrogen-bond acceptors (Lipinski definition) is 5. The van der Waals surface area contributed by atoms with Gasteiger partial charge in [0, 0.05) is 31.0 Å². The van der Waals surface area contributed by atoms with Crippen LogP contribution in [0, 0.1) is 13.5 Å². The number of aryl methyl sites for hydroxylation is 1. The molecule has 7 nitrogen and oxygen atoms in total. The fourth-order valence-corrected chi connectivity index (χ4v) is 2.67. The summed E-state index contributed by atoms with van der Waals surface area (Å²) >= 11 is 0. The number of phenols is 1. The first-order chi connectivity index (χ1) is 12.1.